The molecular weight excluding hydrogens is 391 g/mol. The third-order valence-electron chi connectivity index (χ3n) is 5.00. The molecule has 2 aromatic carbocycles. The van der Waals surface area contributed by atoms with E-state index in [0.717, 1.165) is 23.6 Å². The van der Waals surface area contributed by atoms with E-state index >= 15 is 0 Å². The number of hydrogen-bond acceptors (Lipinski definition) is 2. The lowest BCUT2D eigenvalue weighted by Gasteiger charge is -2.17. The van der Waals surface area contributed by atoms with Gasteiger partial charge in [-0.05, 0) is 12.8 Å². The molecule has 0 saturated heterocycles. The highest BCUT2D eigenvalue weighted by atomic mass is 35.5. The molecule has 156 valence electrons. The number of halogens is 2. The fourth-order valence-electron chi connectivity index (χ4n) is 3.36. The van der Waals surface area contributed by atoms with Crippen molar-refractivity contribution >= 4 is 34.0 Å². The summed E-state index contributed by atoms with van der Waals surface area (Å²) in [5, 5.41) is 2.84. The number of benzene rings is 2. The molecule has 0 radical (unpaired) electrons. The highest BCUT2D eigenvalue weighted by molar-refractivity contribution is 6.45. The molecule has 0 saturated carbocycles. The van der Waals surface area contributed by atoms with Crippen LogP contribution in [0.25, 0.3) is 10.8 Å². The summed E-state index contributed by atoms with van der Waals surface area (Å²) >= 11 is 13.2. The minimum absolute atomic E-state index is 0.454. The van der Waals surface area contributed by atoms with Crippen LogP contribution in [-0.4, -0.2) is 13.2 Å². The zero-order valence-corrected chi connectivity index (χ0v) is 18.9. The Bertz CT molecular complexity index is 655. The average molecular weight is 425 g/mol. The van der Waals surface area contributed by atoms with Crippen LogP contribution >= 0.6 is 23.2 Å². The molecule has 0 aliphatic carbocycles. The first-order valence-corrected chi connectivity index (χ1v) is 11.6. The van der Waals surface area contributed by atoms with Crippen molar-refractivity contribution in [1.29, 1.82) is 0 Å². The number of fused-ring (bicyclic) bond motifs is 1. The van der Waals surface area contributed by atoms with E-state index in [9.17, 15) is 0 Å². The molecule has 2 aromatic rings. The van der Waals surface area contributed by atoms with Crippen LogP contribution in [0.5, 0.6) is 11.5 Å². The highest BCUT2D eigenvalue weighted by Crippen LogP contribution is 2.46. The zero-order chi connectivity index (χ0) is 20.2. The molecule has 0 N–H and O–H groups in total. The third-order valence-corrected chi connectivity index (χ3v) is 5.81. The van der Waals surface area contributed by atoms with E-state index in [2.05, 4.69) is 13.8 Å². The summed E-state index contributed by atoms with van der Waals surface area (Å²) in [7, 11) is 0. The predicted molar refractivity (Wildman–Crippen MR) is 122 cm³/mol. The van der Waals surface area contributed by atoms with Crippen LogP contribution in [0.4, 0.5) is 0 Å². The van der Waals surface area contributed by atoms with Gasteiger partial charge in [0.15, 0.2) is 0 Å². The van der Waals surface area contributed by atoms with Crippen molar-refractivity contribution in [2.24, 2.45) is 0 Å². The van der Waals surface area contributed by atoms with Gasteiger partial charge in [-0.15, -0.1) is 0 Å². The minimum atomic E-state index is 0.454. The summed E-state index contributed by atoms with van der Waals surface area (Å²) in [5.41, 5.74) is 0. The molecule has 0 bridgehead atoms. The Morgan fingerprint density at radius 2 is 1.00 bits per heavy atom. The maximum absolute atomic E-state index is 6.58. The van der Waals surface area contributed by atoms with Gasteiger partial charge >= 0.3 is 0 Å². The van der Waals surface area contributed by atoms with Crippen LogP contribution < -0.4 is 9.47 Å². The van der Waals surface area contributed by atoms with Crippen molar-refractivity contribution in [3.05, 3.63) is 34.3 Å². The van der Waals surface area contributed by atoms with Gasteiger partial charge in [0.2, 0.25) is 0 Å². The standard InChI is InChI=1S/C24H34Cl2O2/c1-3-5-7-9-13-17-27-23-19-15-11-12-16-20(19)24(22(26)21(23)25)28-18-14-10-8-6-4-2/h11-12,15-16H,3-10,13-14,17-18H2,1-2H3. The first-order valence-electron chi connectivity index (χ1n) is 10.9. The topological polar surface area (TPSA) is 18.5 Å². The fourth-order valence-corrected chi connectivity index (χ4v) is 3.84. The summed E-state index contributed by atoms with van der Waals surface area (Å²) in [4.78, 5) is 0. The molecule has 0 aromatic heterocycles. The normalized spacial score (nSPS) is 11.1. The van der Waals surface area contributed by atoms with Crippen molar-refractivity contribution < 1.29 is 9.47 Å². The van der Waals surface area contributed by atoms with Gasteiger partial charge in [-0.1, -0.05) is 113 Å². The van der Waals surface area contributed by atoms with Crippen molar-refractivity contribution in [2.75, 3.05) is 13.2 Å². The highest BCUT2D eigenvalue weighted by Gasteiger charge is 2.19. The number of hydrogen-bond donors (Lipinski definition) is 0. The molecule has 0 atom stereocenters. The van der Waals surface area contributed by atoms with Crippen molar-refractivity contribution in [2.45, 2.75) is 78.1 Å². The molecule has 0 amide bonds. The maximum Gasteiger partial charge on any atom is 0.147 e. The summed E-state index contributed by atoms with van der Waals surface area (Å²) in [6.45, 7) is 5.75. The summed E-state index contributed by atoms with van der Waals surface area (Å²) in [5.74, 6) is 1.35. The van der Waals surface area contributed by atoms with E-state index in [4.69, 9.17) is 32.7 Å². The van der Waals surface area contributed by atoms with Crippen molar-refractivity contribution in [1.82, 2.24) is 0 Å². The van der Waals surface area contributed by atoms with Crippen molar-refractivity contribution in [3.63, 3.8) is 0 Å². The SMILES string of the molecule is CCCCCCCOc1c(Cl)c(Cl)c(OCCCCCCC)c2ccccc12. The van der Waals surface area contributed by atoms with Crippen LogP contribution in [-0.2, 0) is 0 Å². The van der Waals surface area contributed by atoms with Gasteiger partial charge < -0.3 is 9.47 Å². The van der Waals surface area contributed by atoms with Gasteiger partial charge in [0, 0.05) is 10.8 Å². The first-order chi connectivity index (χ1) is 13.7. The third kappa shape index (κ3) is 6.74. The second kappa shape index (κ2) is 13.2. The lowest BCUT2D eigenvalue weighted by atomic mass is 10.1. The van der Waals surface area contributed by atoms with Crippen LogP contribution in [0.3, 0.4) is 0 Å². The molecule has 0 fully saturated rings. The van der Waals surface area contributed by atoms with E-state index in [0.29, 0.717) is 34.8 Å². The number of rotatable bonds is 14. The molecule has 2 rings (SSSR count). The van der Waals surface area contributed by atoms with Crippen LogP contribution in [0.15, 0.2) is 24.3 Å². The van der Waals surface area contributed by atoms with E-state index in [1.165, 1.54) is 51.4 Å². The van der Waals surface area contributed by atoms with E-state index in [-0.39, 0.29) is 0 Å². The largest absolute Gasteiger partial charge is 0.491 e. The molecule has 0 aliphatic heterocycles. The monoisotopic (exact) mass is 424 g/mol. The average Bonchev–Trinajstić information content (AvgIpc) is 2.71. The Morgan fingerprint density at radius 3 is 1.39 bits per heavy atom. The van der Waals surface area contributed by atoms with E-state index < -0.39 is 0 Å². The van der Waals surface area contributed by atoms with Crippen LogP contribution in [0.2, 0.25) is 10.0 Å². The molecule has 0 aliphatic rings. The minimum Gasteiger partial charge on any atom is -0.491 e. The van der Waals surface area contributed by atoms with Crippen LogP contribution in [0.1, 0.15) is 78.1 Å². The first kappa shape index (κ1) is 23.2. The molecule has 0 unspecified atom stereocenters. The van der Waals surface area contributed by atoms with Gasteiger partial charge in [0.05, 0.1) is 13.2 Å². The Hall–Kier alpha value is -1.12. The molecule has 4 heteroatoms. The van der Waals surface area contributed by atoms with Gasteiger partial charge in [-0.3, -0.25) is 0 Å². The molecule has 28 heavy (non-hydrogen) atoms. The Labute approximate surface area is 180 Å². The zero-order valence-electron chi connectivity index (χ0n) is 17.4. The summed E-state index contributed by atoms with van der Waals surface area (Å²) in [6, 6.07) is 8.04. The van der Waals surface area contributed by atoms with Crippen molar-refractivity contribution in [3.8, 4) is 11.5 Å². The Balaban J connectivity index is 2.07. The number of unbranched alkanes of at least 4 members (excludes halogenated alkanes) is 8. The van der Waals surface area contributed by atoms with Gasteiger partial charge in [0.25, 0.3) is 0 Å². The summed E-state index contributed by atoms with van der Waals surface area (Å²) < 4.78 is 12.1. The fraction of sp³-hybridized carbons (Fsp3) is 0.583. The molecule has 0 spiro atoms. The lowest BCUT2D eigenvalue weighted by molar-refractivity contribution is 0.302. The Kier molecular flexibility index (Phi) is 10.9. The summed E-state index contributed by atoms with van der Waals surface area (Å²) in [6.07, 6.45) is 11.9. The second-order valence-electron chi connectivity index (χ2n) is 7.36. The van der Waals surface area contributed by atoms with Gasteiger partial charge in [-0.25, -0.2) is 0 Å². The van der Waals surface area contributed by atoms with Gasteiger partial charge in [0.1, 0.15) is 21.5 Å². The Morgan fingerprint density at radius 1 is 0.607 bits per heavy atom. The second-order valence-corrected chi connectivity index (χ2v) is 8.11. The van der Waals surface area contributed by atoms with Gasteiger partial charge in [-0.2, -0.15) is 0 Å². The van der Waals surface area contributed by atoms with E-state index in [1.807, 2.05) is 24.3 Å². The predicted octanol–water partition coefficient (Wildman–Crippen LogP) is 8.85. The molecular formula is C24H34Cl2O2. The number of ether oxygens (including phenoxy) is 2. The van der Waals surface area contributed by atoms with E-state index in [1.54, 1.807) is 0 Å². The maximum atomic E-state index is 6.58. The molecule has 0 heterocycles. The molecule has 2 nitrogen and oxygen atoms in total. The lowest BCUT2D eigenvalue weighted by Crippen LogP contribution is -2.02. The smallest absolute Gasteiger partial charge is 0.147 e. The van der Waals surface area contributed by atoms with Crippen LogP contribution in [0, 0.1) is 0 Å². The quantitative estimate of drug-likeness (QED) is 0.281.